The first kappa shape index (κ1) is 55.0. The van der Waals surface area contributed by atoms with Crippen LogP contribution in [0.15, 0.2) is 60.8 Å². The van der Waals surface area contributed by atoms with Gasteiger partial charge in [-0.2, -0.15) is 0 Å². The van der Waals surface area contributed by atoms with Gasteiger partial charge in [0.05, 0.1) is 34.4 Å². The number of esters is 2. The highest BCUT2D eigenvalue weighted by Gasteiger charge is 2.31. The number of likely N-dealkylation sites (N-methyl/N-ethyl adjacent to an activating group) is 1. The molecule has 0 rings (SSSR count). The van der Waals surface area contributed by atoms with E-state index in [1.807, 2.05) is 21.1 Å². The Labute approximate surface area is 356 Å². The number of quaternary nitrogens is 1. The van der Waals surface area contributed by atoms with Gasteiger partial charge in [0.1, 0.15) is 6.61 Å². The molecule has 0 spiro atoms. The Hall–Kier alpha value is -2.97. The molecule has 0 saturated heterocycles. The van der Waals surface area contributed by atoms with Crippen molar-refractivity contribution in [1.29, 1.82) is 0 Å². The summed E-state index contributed by atoms with van der Waals surface area (Å²) in [7, 11) is 5.51. The molecule has 0 aromatic carbocycles. The van der Waals surface area contributed by atoms with E-state index in [-0.39, 0.29) is 36.2 Å². The minimum Gasteiger partial charge on any atom is -0.477 e. The van der Waals surface area contributed by atoms with Crippen molar-refractivity contribution in [2.24, 2.45) is 0 Å². The first-order valence-corrected chi connectivity index (χ1v) is 23.3. The Morgan fingerprint density at radius 2 is 0.914 bits per heavy atom. The van der Waals surface area contributed by atoms with Gasteiger partial charge in [0, 0.05) is 19.3 Å². The molecule has 0 aliphatic rings. The lowest BCUT2D eigenvalue weighted by molar-refractivity contribution is -0.887. The highest BCUT2D eigenvalue weighted by Crippen LogP contribution is 2.13. The zero-order chi connectivity index (χ0) is 42.8. The van der Waals surface area contributed by atoms with Crippen LogP contribution in [-0.4, -0.2) is 80.6 Å². The number of allylic oxidation sites excluding steroid dienone is 10. The largest absolute Gasteiger partial charge is 0.477 e. The summed E-state index contributed by atoms with van der Waals surface area (Å²) in [4.78, 5) is 37.0. The van der Waals surface area contributed by atoms with Crippen LogP contribution < -0.4 is 0 Å². The lowest BCUT2D eigenvalue weighted by Crippen LogP contribution is -2.50. The predicted octanol–water partition coefficient (Wildman–Crippen LogP) is 13.0. The number of carbonyl (C=O) groups is 3. The third kappa shape index (κ3) is 38.5. The van der Waals surface area contributed by atoms with Gasteiger partial charge in [-0.25, -0.2) is 4.79 Å². The smallest absolute Gasteiger partial charge is 0.362 e. The molecule has 1 N–H and O–H groups in total. The fourth-order valence-electron chi connectivity index (χ4n) is 6.48. The predicted molar refractivity (Wildman–Crippen MR) is 243 cm³/mol. The molecule has 0 fully saturated rings. The second-order valence-electron chi connectivity index (χ2n) is 16.7. The summed E-state index contributed by atoms with van der Waals surface area (Å²) in [5.74, 6) is -1.51. The number of carboxylic acid groups (broad SMARTS) is 1. The maximum Gasteiger partial charge on any atom is 0.362 e. The van der Waals surface area contributed by atoms with Crippen molar-refractivity contribution in [3.63, 3.8) is 0 Å². The molecule has 0 heterocycles. The highest BCUT2D eigenvalue weighted by atomic mass is 16.6. The van der Waals surface area contributed by atoms with Crippen LogP contribution in [0.1, 0.15) is 187 Å². The van der Waals surface area contributed by atoms with Gasteiger partial charge in [0.15, 0.2) is 12.1 Å². The van der Waals surface area contributed by atoms with Gasteiger partial charge in [-0.1, -0.05) is 145 Å². The molecular weight excluding hydrogens is 727 g/mol. The van der Waals surface area contributed by atoms with Crippen LogP contribution in [0.2, 0.25) is 0 Å². The van der Waals surface area contributed by atoms with Gasteiger partial charge in [-0.15, -0.1) is 0 Å². The van der Waals surface area contributed by atoms with Crippen LogP contribution in [-0.2, 0) is 28.6 Å². The Morgan fingerprint density at radius 3 is 1.41 bits per heavy atom. The van der Waals surface area contributed by atoms with Crippen molar-refractivity contribution in [2.75, 3.05) is 41.0 Å². The second kappa shape index (κ2) is 40.8. The third-order valence-corrected chi connectivity index (χ3v) is 10.1. The van der Waals surface area contributed by atoms with Gasteiger partial charge < -0.3 is 23.8 Å². The maximum absolute atomic E-state index is 12.7. The van der Waals surface area contributed by atoms with Crippen LogP contribution in [0.4, 0.5) is 0 Å². The number of hydrogen-bond acceptors (Lipinski definition) is 6. The van der Waals surface area contributed by atoms with E-state index in [1.54, 1.807) is 0 Å². The van der Waals surface area contributed by atoms with Crippen LogP contribution in [0.5, 0.6) is 0 Å². The fourth-order valence-corrected chi connectivity index (χ4v) is 6.48. The second-order valence-corrected chi connectivity index (χ2v) is 16.7. The Balaban J connectivity index is 4.37. The molecule has 0 aromatic rings. The number of carbonyl (C=O) groups excluding carboxylic acids is 2. The average Bonchev–Trinajstić information content (AvgIpc) is 3.18. The van der Waals surface area contributed by atoms with E-state index in [0.29, 0.717) is 19.3 Å². The molecule has 0 amide bonds. The van der Waals surface area contributed by atoms with Crippen molar-refractivity contribution in [1.82, 2.24) is 0 Å². The molecular formula is C50H88NO7+. The van der Waals surface area contributed by atoms with E-state index in [1.165, 1.54) is 64.2 Å². The van der Waals surface area contributed by atoms with Crippen LogP contribution >= 0.6 is 0 Å². The summed E-state index contributed by atoms with van der Waals surface area (Å²) in [6.45, 7) is 4.66. The van der Waals surface area contributed by atoms with Crippen molar-refractivity contribution in [3.8, 4) is 0 Å². The molecule has 0 aliphatic carbocycles. The van der Waals surface area contributed by atoms with E-state index < -0.39 is 18.1 Å². The summed E-state index contributed by atoms with van der Waals surface area (Å²) < 4.78 is 17.3. The summed E-state index contributed by atoms with van der Waals surface area (Å²) >= 11 is 0. The molecule has 0 bridgehead atoms. The van der Waals surface area contributed by atoms with Gasteiger partial charge >= 0.3 is 17.9 Å². The average molecular weight is 815 g/mol. The summed E-state index contributed by atoms with van der Waals surface area (Å²) in [6, 6.07) is -0.622. The first-order chi connectivity index (χ1) is 28.1. The quantitative estimate of drug-likeness (QED) is 0.0284. The normalized spacial score (nSPS) is 13.5. The Morgan fingerprint density at radius 1 is 0.517 bits per heavy atom. The maximum atomic E-state index is 12.7. The van der Waals surface area contributed by atoms with Crippen molar-refractivity contribution >= 4 is 17.9 Å². The molecule has 0 aromatic heterocycles. The zero-order valence-electron chi connectivity index (χ0n) is 38.0. The Bertz CT molecular complexity index is 1130. The fraction of sp³-hybridized carbons (Fsp3) is 0.740. The topological polar surface area (TPSA) is 99.1 Å². The molecule has 0 aliphatic heterocycles. The Kier molecular flexibility index (Phi) is 38.7. The number of unbranched alkanes of at least 4 members (excludes halogenated alkanes) is 17. The van der Waals surface area contributed by atoms with Gasteiger partial charge in [-0.3, -0.25) is 9.59 Å². The first-order valence-electron chi connectivity index (χ1n) is 23.3. The zero-order valence-corrected chi connectivity index (χ0v) is 38.0. The van der Waals surface area contributed by atoms with Crippen LogP contribution in [0, 0.1) is 0 Å². The molecule has 0 saturated carbocycles. The van der Waals surface area contributed by atoms with Crippen LogP contribution in [0.3, 0.4) is 0 Å². The van der Waals surface area contributed by atoms with E-state index in [2.05, 4.69) is 74.6 Å². The van der Waals surface area contributed by atoms with Gasteiger partial charge in [-0.05, 0) is 83.5 Å². The van der Waals surface area contributed by atoms with E-state index in [0.717, 1.165) is 89.9 Å². The van der Waals surface area contributed by atoms with E-state index in [9.17, 15) is 19.5 Å². The number of hydrogen-bond donors (Lipinski definition) is 1. The van der Waals surface area contributed by atoms with Crippen molar-refractivity contribution in [2.45, 2.75) is 199 Å². The highest BCUT2D eigenvalue weighted by molar-refractivity contribution is 5.72. The summed E-state index contributed by atoms with van der Waals surface area (Å²) in [5.41, 5.74) is 0. The van der Waals surface area contributed by atoms with Crippen molar-refractivity contribution in [3.05, 3.63) is 60.8 Å². The lowest BCUT2D eigenvalue weighted by Gasteiger charge is -2.31. The van der Waals surface area contributed by atoms with E-state index >= 15 is 0 Å². The molecule has 8 heteroatoms. The molecule has 8 nitrogen and oxygen atoms in total. The standard InChI is InChI=1S/C50H87NO7/c1-6-8-10-12-14-16-18-20-21-22-23-24-25-26-27-29-31-33-35-37-39-41-49(53)58-46(44-56-43-42-47(50(54)55)51(3,4)5)45-57-48(52)40-38-36-34-32-30-28-19-17-15-13-11-9-7-2/h14,16,20-21,23-24,26-28,30,46-47H,6-13,15,17-19,22,25,29,31-45H2,1-5H3/p+1/b16-14+,21-20+,24-23+,27-26+,30-28+. The van der Waals surface area contributed by atoms with Crippen LogP contribution in [0.25, 0.3) is 0 Å². The molecule has 334 valence electrons. The molecule has 2 atom stereocenters. The van der Waals surface area contributed by atoms with E-state index in [4.69, 9.17) is 14.2 Å². The monoisotopic (exact) mass is 815 g/mol. The lowest BCUT2D eigenvalue weighted by atomic mass is 10.1. The number of ether oxygens (including phenoxy) is 3. The number of carboxylic acids is 1. The van der Waals surface area contributed by atoms with Crippen molar-refractivity contribution < 1.29 is 38.2 Å². The summed E-state index contributed by atoms with van der Waals surface area (Å²) in [5, 5.41) is 9.63. The number of rotatable bonds is 41. The minimum absolute atomic E-state index is 0.0467. The SMILES string of the molecule is CCCCC/C=C/C/C=C/C/C=C/C/C=C/CCCCCCCC(=O)OC(COCCC(C(=O)O)[N+](C)(C)C)COC(=O)CCCCC/C=C/CCCCCCCC. The van der Waals surface area contributed by atoms with Gasteiger partial charge in [0.25, 0.3) is 0 Å². The third-order valence-electron chi connectivity index (χ3n) is 10.1. The minimum atomic E-state index is -0.882. The number of aliphatic carboxylic acids is 1. The molecule has 0 radical (unpaired) electrons. The number of nitrogens with zero attached hydrogens (tertiary/aromatic N) is 1. The molecule has 58 heavy (non-hydrogen) atoms. The molecule has 2 unspecified atom stereocenters. The van der Waals surface area contributed by atoms with Gasteiger partial charge in [0.2, 0.25) is 0 Å². The summed E-state index contributed by atoms with van der Waals surface area (Å²) in [6.07, 6.45) is 49.7.